The quantitative estimate of drug-likeness (QED) is 0.696. The molecule has 1 aromatic carbocycles. The molecule has 1 spiro atoms. The number of nitrogens with zero attached hydrogens (tertiary/aromatic N) is 1. The molecule has 2 aliphatic rings. The first-order valence-corrected chi connectivity index (χ1v) is 7.04. The van der Waals surface area contributed by atoms with Crippen LogP contribution < -0.4 is 0 Å². The van der Waals surface area contributed by atoms with Gasteiger partial charge in [0.25, 0.3) is 0 Å². The van der Waals surface area contributed by atoms with Gasteiger partial charge in [0.2, 0.25) is 0 Å². The summed E-state index contributed by atoms with van der Waals surface area (Å²) >= 11 is 0. The van der Waals surface area contributed by atoms with Gasteiger partial charge in [0, 0.05) is 5.71 Å². The molecule has 0 N–H and O–H groups in total. The minimum absolute atomic E-state index is 0.267. The Labute approximate surface area is 110 Å². The molecule has 3 rings (SSSR count). The highest BCUT2D eigenvalue weighted by molar-refractivity contribution is 5.87. The van der Waals surface area contributed by atoms with Gasteiger partial charge in [0.05, 0.1) is 5.54 Å². The molecule has 18 heavy (non-hydrogen) atoms. The number of aliphatic imine (C=N–C) groups is 1. The summed E-state index contributed by atoms with van der Waals surface area (Å²) in [5, 5.41) is 0. The minimum atomic E-state index is 0.267. The van der Waals surface area contributed by atoms with E-state index in [0.29, 0.717) is 0 Å². The predicted octanol–water partition coefficient (Wildman–Crippen LogP) is 4.33. The molecule has 1 fully saturated rings. The van der Waals surface area contributed by atoms with Gasteiger partial charge in [-0.2, -0.15) is 0 Å². The molecular formula is C17H21N. The molecule has 0 radical (unpaired) electrons. The van der Waals surface area contributed by atoms with Crippen LogP contribution in [0.3, 0.4) is 0 Å². The Hall–Kier alpha value is -1.37. The van der Waals surface area contributed by atoms with Crippen LogP contribution in [0.25, 0.3) is 0 Å². The normalized spacial score (nSPS) is 26.9. The molecule has 1 heteroatoms. The zero-order valence-corrected chi connectivity index (χ0v) is 11.0. The smallest absolute Gasteiger partial charge is 0.0651 e. The highest BCUT2D eigenvalue weighted by Crippen LogP contribution is 2.43. The van der Waals surface area contributed by atoms with Crippen molar-refractivity contribution in [3.63, 3.8) is 0 Å². The van der Waals surface area contributed by atoms with Crippen molar-refractivity contribution < 1.29 is 0 Å². The average molecular weight is 239 g/mol. The van der Waals surface area contributed by atoms with Crippen molar-refractivity contribution in [3.05, 3.63) is 48.0 Å². The van der Waals surface area contributed by atoms with Crippen molar-refractivity contribution in [3.8, 4) is 0 Å². The zero-order chi connectivity index (χ0) is 12.4. The maximum Gasteiger partial charge on any atom is 0.0651 e. The number of hydrogen-bond acceptors (Lipinski definition) is 1. The Morgan fingerprint density at radius 3 is 2.56 bits per heavy atom. The Morgan fingerprint density at radius 2 is 1.83 bits per heavy atom. The van der Waals surface area contributed by atoms with Gasteiger partial charge < -0.3 is 0 Å². The molecule has 1 nitrogen and oxygen atoms in total. The summed E-state index contributed by atoms with van der Waals surface area (Å²) in [5.41, 5.74) is 4.54. The van der Waals surface area contributed by atoms with Crippen molar-refractivity contribution in [1.82, 2.24) is 0 Å². The Kier molecular flexibility index (Phi) is 3.07. The first-order valence-electron chi connectivity index (χ1n) is 7.04. The van der Waals surface area contributed by atoms with Crippen LogP contribution in [0.4, 0.5) is 0 Å². The lowest BCUT2D eigenvalue weighted by molar-refractivity contribution is 0.448. The van der Waals surface area contributed by atoms with Gasteiger partial charge in [-0.25, -0.2) is 0 Å². The molecule has 0 saturated heterocycles. The first-order chi connectivity index (χ1) is 8.76. The van der Waals surface area contributed by atoms with E-state index in [2.05, 4.69) is 36.9 Å². The lowest BCUT2D eigenvalue weighted by atomic mass is 9.94. The van der Waals surface area contributed by atoms with Crippen molar-refractivity contribution in [2.75, 3.05) is 0 Å². The number of hydrogen-bond donors (Lipinski definition) is 0. The van der Waals surface area contributed by atoms with E-state index in [-0.39, 0.29) is 5.54 Å². The largest absolute Gasteiger partial charge is 0.287 e. The van der Waals surface area contributed by atoms with Gasteiger partial charge in [-0.15, -0.1) is 0 Å². The molecule has 1 saturated carbocycles. The fourth-order valence-electron chi connectivity index (χ4n) is 3.30. The summed E-state index contributed by atoms with van der Waals surface area (Å²) < 4.78 is 0. The van der Waals surface area contributed by atoms with Gasteiger partial charge in [0.1, 0.15) is 0 Å². The Bertz CT molecular complexity index is 472. The van der Waals surface area contributed by atoms with Gasteiger partial charge in [-0.05, 0) is 50.5 Å². The highest BCUT2D eigenvalue weighted by atomic mass is 14.9. The Balaban J connectivity index is 1.61. The van der Waals surface area contributed by atoms with Crippen LogP contribution in [0.2, 0.25) is 0 Å². The summed E-state index contributed by atoms with van der Waals surface area (Å²) in [7, 11) is 0. The van der Waals surface area contributed by atoms with Crippen LogP contribution >= 0.6 is 0 Å². The van der Waals surface area contributed by atoms with E-state index in [4.69, 9.17) is 4.99 Å². The van der Waals surface area contributed by atoms with Crippen LogP contribution in [0.5, 0.6) is 0 Å². The van der Waals surface area contributed by atoms with Crippen molar-refractivity contribution in [2.24, 2.45) is 4.99 Å². The summed E-state index contributed by atoms with van der Waals surface area (Å²) in [6, 6.07) is 10.7. The molecule has 1 atom stereocenters. The zero-order valence-electron chi connectivity index (χ0n) is 11.0. The van der Waals surface area contributed by atoms with Crippen LogP contribution in [0, 0.1) is 0 Å². The summed E-state index contributed by atoms with van der Waals surface area (Å²) in [4.78, 5) is 5.04. The van der Waals surface area contributed by atoms with Crippen LogP contribution in [0.15, 0.2) is 47.5 Å². The Morgan fingerprint density at radius 1 is 1.06 bits per heavy atom. The topological polar surface area (TPSA) is 12.4 Å². The third-order valence-corrected chi connectivity index (χ3v) is 4.34. The van der Waals surface area contributed by atoms with Crippen molar-refractivity contribution in [2.45, 2.75) is 50.5 Å². The van der Waals surface area contributed by atoms with E-state index in [1.165, 1.54) is 42.5 Å². The van der Waals surface area contributed by atoms with Crippen LogP contribution in [-0.4, -0.2) is 11.3 Å². The van der Waals surface area contributed by atoms with Gasteiger partial charge in [-0.1, -0.05) is 42.5 Å². The van der Waals surface area contributed by atoms with Crippen molar-refractivity contribution in [1.29, 1.82) is 0 Å². The number of rotatable bonds is 3. The van der Waals surface area contributed by atoms with E-state index in [1.807, 2.05) is 0 Å². The standard InChI is InChI=1S/C17H21N/c1-14-9-11-17(13-14)12-10-16(18-17)8-7-15-5-3-2-4-6-15/h2-6H,1,7-13H2/t17-/m0/s1. The SMILES string of the molecule is C=C1CC[C@]2(CCC(CCc3ccccc3)=N2)C1. The molecular weight excluding hydrogens is 218 g/mol. The molecule has 0 aromatic heterocycles. The van der Waals surface area contributed by atoms with E-state index in [9.17, 15) is 0 Å². The van der Waals surface area contributed by atoms with Gasteiger partial charge in [0.15, 0.2) is 0 Å². The van der Waals surface area contributed by atoms with E-state index in [1.54, 1.807) is 0 Å². The third-order valence-electron chi connectivity index (χ3n) is 4.34. The molecule has 0 bridgehead atoms. The number of aryl methyl sites for hydroxylation is 1. The fourth-order valence-corrected chi connectivity index (χ4v) is 3.30. The molecule has 1 aliphatic carbocycles. The molecule has 0 amide bonds. The maximum absolute atomic E-state index is 5.04. The highest BCUT2D eigenvalue weighted by Gasteiger charge is 2.38. The second-order valence-corrected chi connectivity index (χ2v) is 5.81. The van der Waals surface area contributed by atoms with Crippen molar-refractivity contribution >= 4 is 5.71 Å². The van der Waals surface area contributed by atoms with Crippen LogP contribution in [-0.2, 0) is 6.42 Å². The molecule has 1 aliphatic heterocycles. The summed E-state index contributed by atoms with van der Waals surface area (Å²) in [6.07, 6.45) is 8.31. The first kappa shape index (κ1) is 11.7. The van der Waals surface area contributed by atoms with Gasteiger partial charge >= 0.3 is 0 Å². The van der Waals surface area contributed by atoms with E-state index in [0.717, 1.165) is 19.3 Å². The molecule has 94 valence electrons. The lowest BCUT2D eigenvalue weighted by Gasteiger charge is -2.17. The van der Waals surface area contributed by atoms with E-state index >= 15 is 0 Å². The average Bonchev–Trinajstić information content (AvgIpc) is 2.96. The van der Waals surface area contributed by atoms with Crippen LogP contribution in [0.1, 0.15) is 44.1 Å². The van der Waals surface area contributed by atoms with Gasteiger partial charge in [-0.3, -0.25) is 4.99 Å². The fraction of sp³-hybridized carbons (Fsp3) is 0.471. The monoisotopic (exact) mass is 239 g/mol. The summed E-state index contributed by atoms with van der Waals surface area (Å²) in [6.45, 7) is 4.12. The second-order valence-electron chi connectivity index (χ2n) is 5.81. The van der Waals surface area contributed by atoms with E-state index < -0.39 is 0 Å². The number of benzene rings is 1. The molecule has 0 unspecified atom stereocenters. The summed E-state index contributed by atoms with van der Waals surface area (Å²) in [5.74, 6) is 0. The second kappa shape index (κ2) is 4.72. The maximum atomic E-state index is 5.04. The predicted molar refractivity (Wildman–Crippen MR) is 77.2 cm³/mol. The molecule has 1 heterocycles. The third kappa shape index (κ3) is 2.40. The minimum Gasteiger partial charge on any atom is -0.287 e. The lowest BCUT2D eigenvalue weighted by Crippen LogP contribution is -2.17. The molecule has 1 aromatic rings.